The second-order valence-corrected chi connectivity index (χ2v) is 5.72. The van der Waals surface area contributed by atoms with Crippen LogP contribution in [0.4, 0.5) is 0 Å². The molecule has 25 heavy (non-hydrogen) atoms. The van der Waals surface area contributed by atoms with Crippen molar-refractivity contribution in [2.75, 3.05) is 14.2 Å². The molecule has 0 spiro atoms. The quantitative estimate of drug-likeness (QED) is 0.613. The maximum Gasteiger partial charge on any atom is 0.174 e. The SMILES string of the molecule is COc1cccc(C(C(=O)c2ccccc2)c2cccc(OC)c2)c1. The van der Waals surface area contributed by atoms with Crippen LogP contribution in [0.2, 0.25) is 0 Å². The number of hydrogen-bond acceptors (Lipinski definition) is 3. The largest absolute Gasteiger partial charge is 0.497 e. The van der Waals surface area contributed by atoms with Crippen LogP contribution in [0.25, 0.3) is 0 Å². The van der Waals surface area contributed by atoms with Gasteiger partial charge in [0.1, 0.15) is 11.5 Å². The van der Waals surface area contributed by atoms with Crippen molar-refractivity contribution < 1.29 is 14.3 Å². The average molecular weight is 332 g/mol. The summed E-state index contributed by atoms with van der Waals surface area (Å²) in [5, 5.41) is 0. The first-order valence-corrected chi connectivity index (χ1v) is 8.10. The van der Waals surface area contributed by atoms with Gasteiger partial charge in [-0.05, 0) is 35.4 Å². The lowest BCUT2D eigenvalue weighted by Crippen LogP contribution is -2.14. The molecule has 0 N–H and O–H groups in total. The first-order valence-electron chi connectivity index (χ1n) is 8.10. The number of benzene rings is 3. The van der Waals surface area contributed by atoms with Crippen molar-refractivity contribution in [2.24, 2.45) is 0 Å². The number of carbonyl (C=O) groups excluding carboxylic acids is 1. The summed E-state index contributed by atoms with van der Waals surface area (Å²) in [6, 6.07) is 24.6. The lowest BCUT2D eigenvalue weighted by atomic mass is 9.84. The van der Waals surface area contributed by atoms with Gasteiger partial charge in [0, 0.05) is 5.56 Å². The van der Waals surface area contributed by atoms with Crippen LogP contribution in [0.15, 0.2) is 78.9 Å². The van der Waals surface area contributed by atoms with Gasteiger partial charge in [-0.1, -0.05) is 54.6 Å². The fourth-order valence-corrected chi connectivity index (χ4v) is 2.91. The van der Waals surface area contributed by atoms with Gasteiger partial charge in [-0.2, -0.15) is 0 Å². The molecule has 3 aromatic carbocycles. The molecule has 0 radical (unpaired) electrons. The Kier molecular flexibility index (Phi) is 5.14. The van der Waals surface area contributed by atoms with E-state index in [4.69, 9.17) is 9.47 Å². The molecule has 0 saturated heterocycles. The maximum absolute atomic E-state index is 13.3. The third-order valence-electron chi connectivity index (χ3n) is 4.17. The van der Waals surface area contributed by atoms with E-state index in [1.165, 1.54) is 0 Å². The Morgan fingerprint density at radius 1 is 0.720 bits per heavy atom. The van der Waals surface area contributed by atoms with Gasteiger partial charge >= 0.3 is 0 Å². The summed E-state index contributed by atoms with van der Waals surface area (Å²) in [5.74, 6) is 1.08. The zero-order valence-corrected chi connectivity index (χ0v) is 14.3. The molecule has 126 valence electrons. The van der Waals surface area contributed by atoms with Gasteiger partial charge in [0.2, 0.25) is 0 Å². The molecule has 3 heteroatoms. The Morgan fingerprint density at radius 2 is 1.24 bits per heavy atom. The van der Waals surface area contributed by atoms with Crippen molar-refractivity contribution in [1.82, 2.24) is 0 Å². The van der Waals surface area contributed by atoms with Crippen molar-refractivity contribution >= 4 is 5.78 Å². The molecule has 0 bridgehead atoms. The number of rotatable bonds is 6. The Hall–Kier alpha value is -3.07. The highest BCUT2D eigenvalue weighted by Crippen LogP contribution is 2.32. The van der Waals surface area contributed by atoms with E-state index >= 15 is 0 Å². The van der Waals surface area contributed by atoms with E-state index in [-0.39, 0.29) is 5.78 Å². The van der Waals surface area contributed by atoms with Gasteiger partial charge in [0.15, 0.2) is 5.78 Å². The summed E-state index contributed by atoms with van der Waals surface area (Å²) in [6.45, 7) is 0. The highest BCUT2D eigenvalue weighted by molar-refractivity contribution is 6.03. The summed E-state index contributed by atoms with van der Waals surface area (Å²) >= 11 is 0. The van der Waals surface area contributed by atoms with Crippen molar-refractivity contribution in [2.45, 2.75) is 5.92 Å². The number of Topliss-reactive ketones (excluding diaryl/α,β-unsaturated/α-hetero) is 1. The summed E-state index contributed by atoms with van der Waals surface area (Å²) in [5.41, 5.74) is 2.46. The second-order valence-electron chi connectivity index (χ2n) is 5.72. The minimum Gasteiger partial charge on any atom is -0.497 e. The molecule has 0 saturated carbocycles. The average Bonchev–Trinajstić information content (AvgIpc) is 2.69. The van der Waals surface area contributed by atoms with Crippen LogP contribution >= 0.6 is 0 Å². The second kappa shape index (κ2) is 7.67. The van der Waals surface area contributed by atoms with Crippen LogP contribution in [0, 0.1) is 0 Å². The zero-order valence-electron chi connectivity index (χ0n) is 14.3. The summed E-state index contributed by atoms with van der Waals surface area (Å²) in [7, 11) is 3.25. The lowest BCUT2D eigenvalue weighted by molar-refractivity contribution is 0.0974. The minimum absolute atomic E-state index is 0.0436. The van der Waals surface area contributed by atoms with E-state index in [2.05, 4.69) is 0 Å². The molecule has 0 atom stereocenters. The monoisotopic (exact) mass is 332 g/mol. The van der Waals surface area contributed by atoms with Gasteiger partial charge in [-0.15, -0.1) is 0 Å². The number of ketones is 1. The van der Waals surface area contributed by atoms with Crippen LogP contribution in [0.5, 0.6) is 11.5 Å². The Morgan fingerprint density at radius 3 is 1.72 bits per heavy atom. The molecule has 0 aromatic heterocycles. The Balaban J connectivity index is 2.11. The molecule has 0 aliphatic rings. The van der Waals surface area contributed by atoms with Crippen LogP contribution in [-0.4, -0.2) is 20.0 Å². The number of hydrogen-bond donors (Lipinski definition) is 0. The molecular weight excluding hydrogens is 312 g/mol. The van der Waals surface area contributed by atoms with E-state index in [0.717, 1.165) is 22.6 Å². The van der Waals surface area contributed by atoms with E-state index < -0.39 is 5.92 Å². The van der Waals surface area contributed by atoms with Gasteiger partial charge in [0.05, 0.1) is 20.1 Å². The van der Waals surface area contributed by atoms with Gasteiger partial charge in [-0.3, -0.25) is 4.79 Å². The topological polar surface area (TPSA) is 35.5 Å². The Bertz CT molecular complexity index is 808. The molecule has 3 aromatic rings. The standard InChI is InChI=1S/C22H20O3/c1-24-19-12-6-10-17(14-19)21(18-11-7-13-20(15-18)25-2)22(23)16-8-4-3-5-9-16/h3-15,21H,1-2H3. The first-order chi connectivity index (χ1) is 12.2. The van der Waals surface area contributed by atoms with Crippen molar-refractivity contribution in [1.29, 1.82) is 0 Å². The first kappa shape index (κ1) is 16.8. The van der Waals surface area contributed by atoms with E-state index in [1.54, 1.807) is 14.2 Å². The molecule has 3 nitrogen and oxygen atoms in total. The highest BCUT2D eigenvalue weighted by atomic mass is 16.5. The zero-order chi connectivity index (χ0) is 17.6. The normalized spacial score (nSPS) is 10.5. The minimum atomic E-state index is -0.424. The third kappa shape index (κ3) is 3.72. The predicted octanol–water partition coefficient (Wildman–Crippen LogP) is 4.72. The molecule has 0 fully saturated rings. The van der Waals surface area contributed by atoms with Gasteiger partial charge in [-0.25, -0.2) is 0 Å². The molecule has 0 heterocycles. The molecule has 0 aliphatic carbocycles. The predicted molar refractivity (Wildman–Crippen MR) is 98.6 cm³/mol. The van der Waals surface area contributed by atoms with E-state index in [0.29, 0.717) is 5.56 Å². The number of ether oxygens (including phenoxy) is 2. The molecule has 0 amide bonds. The van der Waals surface area contributed by atoms with Crippen LogP contribution in [-0.2, 0) is 0 Å². The van der Waals surface area contributed by atoms with E-state index in [1.807, 2.05) is 78.9 Å². The lowest BCUT2D eigenvalue weighted by Gasteiger charge is -2.18. The van der Waals surface area contributed by atoms with E-state index in [9.17, 15) is 4.79 Å². The highest BCUT2D eigenvalue weighted by Gasteiger charge is 2.24. The van der Waals surface area contributed by atoms with Gasteiger partial charge in [0.25, 0.3) is 0 Å². The van der Waals surface area contributed by atoms with Crippen molar-refractivity contribution in [3.8, 4) is 11.5 Å². The maximum atomic E-state index is 13.3. The summed E-state index contributed by atoms with van der Waals surface area (Å²) in [6.07, 6.45) is 0. The molecule has 3 rings (SSSR count). The van der Waals surface area contributed by atoms with Crippen LogP contribution in [0.3, 0.4) is 0 Å². The summed E-state index contributed by atoms with van der Waals surface area (Å²) < 4.78 is 10.7. The fraction of sp³-hybridized carbons (Fsp3) is 0.136. The molecule has 0 aliphatic heterocycles. The van der Waals surface area contributed by atoms with Crippen molar-refractivity contribution in [3.63, 3.8) is 0 Å². The van der Waals surface area contributed by atoms with Gasteiger partial charge < -0.3 is 9.47 Å². The smallest absolute Gasteiger partial charge is 0.174 e. The number of carbonyl (C=O) groups is 1. The molecular formula is C22H20O3. The fourth-order valence-electron chi connectivity index (χ4n) is 2.91. The van der Waals surface area contributed by atoms with Crippen molar-refractivity contribution in [3.05, 3.63) is 95.6 Å². The summed E-state index contributed by atoms with van der Waals surface area (Å²) in [4.78, 5) is 13.3. The van der Waals surface area contributed by atoms with Crippen LogP contribution in [0.1, 0.15) is 27.4 Å². The molecule has 0 unspecified atom stereocenters. The Labute approximate surface area is 147 Å². The number of methoxy groups -OCH3 is 2. The third-order valence-corrected chi connectivity index (χ3v) is 4.17. The van der Waals surface area contributed by atoms with Crippen LogP contribution < -0.4 is 9.47 Å².